The topological polar surface area (TPSA) is 48.0 Å². The Labute approximate surface area is 174 Å². The Morgan fingerprint density at radius 3 is 2.66 bits per heavy atom. The normalized spacial score (nSPS) is 20.9. The molecule has 0 spiro atoms. The standard InChI is InChI=1S/C22H24FNO4S/c1-14-21(25)24(2)19-5-4-17(13-20(19)28-14)29-18-11-15(10-16(23)12-18)22(26-3)6-8-27-9-7-22/h4-5,10-14H,6-9H2,1-3H3/t14-/m0/s1. The molecule has 0 saturated carbocycles. The van der Waals surface area contributed by atoms with Crippen molar-refractivity contribution >= 4 is 23.4 Å². The number of benzene rings is 2. The largest absolute Gasteiger partial charge is 0.479 e. The van der Waals surface area contributed by atoms with Crippen LogP contribution in [-0.4, -0.2) is 39.4 Å². The number of carbonyl (C=O) groups is 1. The summed E-state index contributed by atoms with van der Waals surface area (Å²) in [5.74, 6) is 0.286. The molecule has 29 heavy (non-hydrogen) atoms. The van der Waals surface area contributed by atoms with Crippen molar-refractivity contribution in [2.24, 2.45) is 0 Å². The van der Waals surface area contributed by atoms with Crippen LogP contribution in [0.3, 0.4) is 0 Å². The Morgan fingerprint density at radius 1 is 1.17 bits per heavy atom. The molecule has 7 heteroatoms. The molecule has 1 amide bonds. The van der Waals surface area contributed by atoms with Crippen molar-refractivity contribution in [3.63, 3.8) is 0 Å². The SMILES string of the molecule is COC1(c2cc(F)cc(Sc3ccc4c(c3)O[C@@H](C)C(=O)N4C)c2)CCOCC1. The highest BCUT2D eigenvalue weighted by Gasteiger charge is 2.35. The summed E-state index contributed by atoms with van der Waals surface area (Å²) in [4.78, 5) is 15.4. The lowest BCUT2D eigenvalue weighted by atomic mass is 9.86. The second kappa shape index (κ2) is 7.97. The third-order valence-corrected chi connectivity index (χ3v) is 6.56. The van der Waals surface area contributed by atoms with Crippen LogP contribution in [0.4, 0.5) is 10.1 Å². The third kappa shape index (κ3) is 3.86. The van der Waals surface area contributed by atoms with E-state index in [0.29, 0.717) is 31.8 Å². The van der Waals surface area contributed by atoms with E-state index in [2.05, 4.69) is 0 Å². The van der Waals surface area contributed by atoms with Gasteiger partial charge in [0, 0.05) is 50.0 Å². The Morgan fingerprint density at radius 2 is 1.93 bits per heavy atom. The molecule has 1 fully saturated rings. The Bertz CT molecular complexity index is 929. The zero-order valence-electron chi connectivity index (χ0n) is 16.7. The van der Waals surface area contributed by atoms with Crippen molar-refractivity contribution in [1.82, 2.24) is 0 Å². The average molecular weight is 418 g/mol. The summed E-state index contributed by atoms with van der Waals surface area (Å²) in [6, 6.07) is 10.7. The van der Waals surface area contributed by atoms with Gasteiger partial charge in [0.05, 0.1) is 11.3 Å². The number of anilines is 1. The highest BCUT2D eigenvalue weighted by molar-refractivity contribution is 7.99. The van der Waals surface area contributed by atoms with Gasteiger partial charge in [0.2, 0.25) is 0 Å². The second-order valence-corrected chi connectivity index (χ2v) is 8.52. The summed E-state index contributed by atoms with van der Waals surface area (Å²) in [5, 5.41) is 0. The number of carbonyl (C=O) groups excluding carboxylic acids is 1. The number of ether oxygens (including phenoxy) is 3. The van der Waals surface area contributed by atoms with E-state index in [-0.39, 0.29) is 11.7 Å². The van der Waals surface area contributed by atoms with E-state index in [0.717, 1.165) is 21.0 Å². The molecule has 0 aromatic heterocycles. The molecule has 5 nitrogen and oxygen atoms in total. The van der Waals surface area contributed by atoms with Gasteiger partial charge >= 0.3 is 0 Å². The van der Waals surface area contributed by atoms with E-state index in [1.165, 1.54) is 17.8 Å². The number of hydrogen-bond acceptors (Lipinski definition) is 5. The molecular weight excluding hydrogens is 393 g/mol. The van der Waals surface area contributed by atoms with Crippen LogP contribution < -0.4 is 9.64 Å². The van der Waals surface area contributed by atoms with Crippen LogP contribution in [0.25, 0.3) is 0 Å². The van der Waals surface area contributed by atoms with E-state index in [1.807, 2.05) is 24.3 Å². The minimum absolute atomic E-state index is 0.0750. The van der Waals surface area contributed by atoms with Crippen LogP contribution in [0, 0.1) is 5.82 Å². The molecule has 2 aliphatic heterocycles. The number of methoxy groups -OCH3 is 1. The molecule has 1 saturated heterocycles. The molecule has 1 atom stereocenters. The number of hydrogen-bond donors (Lipinski definition) is 0. The van der Waals surface area contributed by atoms with Gasteiger partial charge in [-0.1, -0.05) is 11.8 Å². The zero-order chi connectivity index (χ0) is 20.6. The maximum Gasteiger partial charge on any atom is 0.267 e. The van der Waals surface area contributed by atoms with E-state index in [9.17, 15) is 9.18 Å². The molecule has 154 valence electrons. The van der Waals surface area contributed by atoms with Crippen LogP contribution in [0.1, 0.15) is 25.3 Å². The van der Waals surface area contributed by atoms with Crippen LogP contribution in [0.15, 0.2) is 46.2 Å². The number of halogens is 1. The first-order chi connectivity index (χ1) is 13.9. The number of nitrogens with zero attached hydrogens (tertiary/aromatic N) is 1. The fourth-order valence-electron chi connectivity index (χ4n) is 3.89. The molecule has 0 N–H and O–H groups in total. The predicted octanol–water partition coefficient (Wildman–Crippen LogP) is 4.37. The van der Waals surface area contributed by atoms with Gasteiger partial charge in [-0.15, -0.1) is 0 Å². The molecule has 4 rings (SSSR count). The van der Waals surface area contributed by atoms with Gasteiger partial charge in [-0.05, 0) is 48.9 Å². The summed E-state index contributed by atoms with van der Waals surface area (Å²) in [6.45, 7) is 2.93. The van der Waals surface area contributed by atoms with Gasteiger partial charge in [-0.25, -0.2) is 4.39 Å². The van der Waals surface area contributed by atoms with E-state index in [1.54, 1.807) is 32.0 Å². The summed E-state index contributed by atoms with van der Waals surface area (Å²) >= 11 is 1.45. The first-order valence-electron chi connectivity index (χ1n) is 9.62. The maximum atomic E-state index is 14.4. The van der Waals surface area contributed by atoms with Gasteiger partial charge in [0.25, 0.3) is 5.91 Å². The van der Waals surface area contributed by atoms with Crippen molar-refractivity contribution in [2.75, 3.05) is 32.3 Å². The monoisotopic (exact) mass is 417 g/mol. The van der Waals surface area contributed by atoms with Crippen molar-refractivity contribution in [2.45, 2.75) is 41.3 Å². The Hall–Kier alpha value is -2.09. The summed E-state index contributed by atoms with van der Waals surface area (Å²) in [6.07, 6.45) is 0.868. The maximum absolute atomic E-state index is 14.4. The number of fused-ring (bicyclic) bond motifs is 1. The Balaban J connectivity index is 1.63. The molecule has 2 aromatic rings. The molecule has 2 aliphatic rings. The van der Waals surface area contributed by atoms with Crippen LogP contribution >= 0.6 is 11.8 Å². The lowest BCUT2D eigenvalue weighted by Gasteiger charge is -2.36. The minimum atomic E-state index is -0.524. The average Bonchev–Trinajstić information content (AvgIpc) is 2.72. The van der Waals surface area contributed by atoms with E-state index < -0.39 is 11.7 Å². The highest BCUT2D eigenvalue weighted by atomic mass is 32.2. The van der Waals surface area contributed by atoms with Gasteiger partial charge < -0.3 is 19.1 Å². The lowest BCUT2D eigenvalue weighted by molar-refractivity contribution is -0.125. The second-order valence-electron chi connectivity index (χ2n) is 7.38. The fraction of sp³-hybridized carbons (Fsp3) is 0.409. The summed E-state index contributed by atoms with van der Waals surface area (Å²) < 4.78 is 31.5. The van der Waals surface area contributed by atoms with Crippen molar-refractivity contribution in [1.29, 1.82) is 0 Å². The van der Waals surface area contributed by atoms with E-state index >= 15 is 0 Å². The van der Waals surface area contributed by atoms with Crippen LogP contribution in [-0.2, 0) is 19.9 Å². The molecule has 0 radical (unpaired) electrons. The molecule has 0 bridgehead atoms. The van der Waals surface area contributed by atoms with Gasteiger partial charge in [-0.2, -0.15) is 0 Å². The highest BCUT2D eigenvalue weighted by Crippen LogP contribution is 2.41. The number of amides is 1. The fourth-order valence-corrected chi connectivity index (χ4v) is 4.83. The molecular formula is C22H24FNO4S. The molecule has 0 aliphatic carbocycles. The number of rotatable bonds is 4. The quantitative estimate of drug-likeness (QED) is 0.739. The minimum Gasteiger partial charge on any atom is -0.479 e. The first kappa shape index (κ1) is 20.2. The summed E-state index contributed by atoms with van der Waals surface area (Å²) in [5.41, 5.74) is 1.05. The smallest absolute Gasteiger partial charge is 0.267 e. The molecule has 2 heterocycles. The molecule has 0 unspecified atom stereocenters. The van der Waals surface area contributed by atoms with Gasteiger partial charge in [0.15, 0.2) is 6.10 Å². The summed E-state index contributed by atoms with van der Waals surface area (Å²) in [7, 11) is 3.41. The Kier molecular flexibility index (Phi) is 5.55. The van der Waals surface area contributed by atoms with E-state index in [4.69, 9.17) is 14.2 Å². The van der Waals surface area contributed by atoms with Crippen LogP contribution in [0.2, 0.25) is 0 Å². The lowest BCUT2D eigenvalue weighted by Crippen LogP contribution is -2.41. The number of likely N-dealkylation sites (N-methyl/N-ethyl adjacent to an activating group) is 1. The zero-order valence-corrected chi connectivity index (χ0v) is 17.6. The third-order valence-electron chi connectivity index (χ3n) is 5.60. The van der Waals surface area contributed by atoms with Crippen molar-refractivity contribution < 1.29 is 23.4 Å². The van der Waals surface area contributed by atoms with Crippen molar-refractivity contribution in [3.05, 3.63) is 47.8 Å². The predicted molar refractivity (Wildman–Crippen MR) is 109 cm³/mol. The molecule has 2 aromatic carbocycles. The van der Waals surface area contributed by atoms with Gasteiger partial charge in [0.1, 0.15) is 11.6 Å². The van der Waals surface area contributed by atoms with Crippen molar-refractivity contribution in [3.8, 4) is 5.75 Å². The van der Waals surface area contributed by atoms with Gasteiger partial charge in [-0.3, -0.25) is 4.79 Å². The first-order valence-corrected chi connectivity index (χ1v) is 10.4. The van der Waals surface area contributed by atoms with Crippen LogP contribution in [0.5, 0.6) is 5.75 Å².